The van der Waals surface area contributed by atoms with Crippen LogP contribution in [0.5, 0.6) is 0 Å². The fourth-order valence-electron chi connectivity index (χ4n) is 2.00. The van der Waals surface area contributed by atoms with E-state index in [-0.39, 0.29) is 0 Å². The van der Waals surface area contributed by atoms with Gasteiger partial charge in [-0.15, -0.1) is 11.3 Å². The first-order valence-corrected chi connectivity index (χ1v) is 7.67. The lowest BCUT2D eigenvalue weighted by molar-refractivity contribution is -0.139. The van der Waals surface area contributed by atoms with Gasteiger partial charge in [0.15, 0.2) is 0 Å². The molecule has 3 nitrogen and oxygen atoms in total. The average molecular weight is 310 g/mol. The van der Waals surface area contributed by atoms with Crippen molar-refractivity contribution in [2.24, 2.45) is 0 Å². The average Bonchev–Trinajstić information content (AvgIpc) is 2.93. The Hall–Kier alpha value is -1.36. The molecule has 0 radical (unpaired) electrons. The zero-order valence-corrected chi connectivity index (χ0v) is 12.5. The number of rotatable bonds is 7. The van der Waals surface area contributed by atoms with Crippen LogP contribution in [0.1, 0.15) is 22.9 Å². The summed E-state index contributed by atoms with van der Waals surface area (Å²) in [6, 6.07) is 10.4. The number of thiophene rings is 1. The van der Waals surface area contributed by atoms with Gasteiger partial charge < -0.3 is 10.4 Å². The number of aliphatic carboxylic acids is 1. The van der Waals surface area contributed by atoms with Crippen LogP contribution >= 0.6 is 22.9 Å². The minimum Gasteiger partial charge on any atom is -0.480 e. The monoisotopic (exact) mass is 309 g/mol. The number of hydrogen-bond acceptors (Lipinski definition) is 3. The van der Waals surface area contributed by atoms with E-state index in [0.717, 1.165) is 12.8 Å². The highest BCUT2D eigenvalue weighted by molar-refractivity contribution is 7.09. The van der Waals surface area contributed by atoms with Gasteiger partial charge in [-0.3, -0.25) is 4.79 Å². The van der Waals surface area contributed by atoms with E-state index in [4.69, 9.17) is 11.6 Å². The Bertz CT molecular complexity index is 557. The molecule has 0 aliphatic rings. The van der Waals surface area contributed by atoms with Crippen molar-refractivity contribution in [3.8, 4) is 0 Å². The molecule has 0 amide bonds. The molecule has 20 heavy (non-hydrogen) atoms. The van der Waals surface area contributed by atoms with Crippen molar-refractivity contribution in [2.45, 2.75) is 18.9 Å². The number of halogens is 1. The van der Waals surface area contributed by atoms with Crippen LogP contribution < -0.4 is 5.32 Å². The standard InChI is InChI=1S/C15H16ClNO2S/c16-13-8-2-1-7-12(13)14(15(18)19)17-9-3-5-11-6-4-10-20-11/h1-2,4,6-8,10,14,17H,3,5,9H2,(H,18,19). The third-order valence-electron chi connectivity index (χ3n) is 2.99. The first-order valence-electron chi connectivity index (χ1n) is 6.41. The molecule has 1 unspecified atom stereocenters. The smallest absolute Gasteiger partial charge is 0.325 e. The van der Waals surface area contributed by atoms with Crippen LogP contribution in [0.4, 0.5) is 0 Å². The fraction of sp³-hybridized carbons (Fsp3) is 0.267. The van der Waals surface area contributed by atoms with Crippen LogP contribution in [0.3, 0.4) is 0 Å². The van der Waals surface area contributed by atoms with Gasteiger partial charge in [-0.1, -0.05) is 35.9 Å². The normalized spacial score (nSPS) is 12.2. The Labute approximate surface area is 127 Å². The summed E-state index contributed by atoms with van der Waals surface area (Å²) >= 11 is 7.78. The Morgan fingerprint density at radius 1 is 1.30 bits per heavy atom. The number of carboxylic acid groups (broad SMARTS) is 1. The third kappa shape index (κ3) is 4.07. The van der Waals surface area contributed by atoms with Gasteiger partial charge in [0.1, 0.15) is 6.04 Å². The highest BCUT2D eigenvalue weighted by atomic mass is 35.5. The summed E-state index contributed by atoms with van der Waals surface area (Å²) in [6.07, 6.45) is 1.86. The molecule has 0 aliphatic carbocycles. The molecule has 0 aliphatic heterocycles. The minimum atomic E-state index is -0.908. The molecular formula is C15H16ClNO2S. The van der Waals surface area contributed by atoms with E-state index in [1.54, 1.807) is 35.6 Å². The van der Waals surface area contributed by atoms with Crippen molar-refractivity contribution in [3.05, 3.63) is 57.2 Å². The van der Waals surface area contributed by atoms with E-state index in [1.165, 1.54) is 4.88 Å². The van der Waals surface area contributed by atoms with E-state index in [1.807, 2.05) is 11.4 Å². The second-order valence-corrected chi connectivity index (χ2v) is 5.87. The predicted octanol–water partition coefficient (Wildman–Crippen LogP) is 3.75. The van der Waals surface area contributed by atoms with Crippen molar-refractivity contribution in [1.82, 2.24) is 5.32 Å². The van der Waals surface area contributed by atoms with E-state index < -0.39 is 12.0 Å². The Morgan fingerprint density at radius 3 is 2.75 bits per heavy atom. The van der Waals surface area contributed by atoms with Gasteiger partial charge in [-0.05, 0) is 42.5 Å². The topological polar surface area (TPSA) is 49.3 Å². The first kappa shape index (κ1) is 15.0. The lowest BCUT2D eigenvalue weighted by atomic mass is 10.1. The van der Waals surface area contributed by atoms with Gasteiger partial charge in [0, 0.05) is 9.90 Å². The van der Waals surface area contributed by atoms with Gasteiger partial charge in [-0.2, -0.15) is 0 Å². The van der Waals surface area contributed by atoms with Crippen LogP contribution in [0, 0.1) is 0 Å². The maximum atomic E-state index is 11.4. The molecule has 0 spiro atoms. The number of hydrogen-bond donors (Lipinski definition) is 2. The Kier molecular flexibility index (Phi) is 5.59. The van der Waals surface area contributed by atoms with Crippen LogP contribution in [0.15, 0.2) is 41.8 Å². The van der Waals surface area contributed by atoms with Crippen LogP contribution in [0.25, 0.3) is 0 Å². The predicted molar refractivity (Wildman–Crippen MR) is 82.5 cm³/mol. The van der Waals surface area contributed by atoms with Crippen LogP contribution in [-0.4, -0.2) is 17.6 Å². The van der Waals surface area contributed by atoms with Crippen LogP contribution in [-0.2, 0) is 11.2 Å². The summed E-state index contributed by atoms with van der Waals surface area (Å²) in [5, 5.41) is 14.9. The molecule has 2 aromatic rings. The number of nitrogens with one attached hydrogen (secondary N) is 1. The van der Waals surface area contributed by atoms with Gasteiger partial charge in [0.2, 0.25) is 0 Å². The van der Waals surface area contributed by atoms with Gasteiger partial charge in [0.25, 0.3) is 0 Å². The van der Waals surface area contributed by atoms with Gasteiger partial charge in [0.05, 0.1) is 0 Å². The first-order chi connectivity index (χ1) is 9.68. The summed E-state index contributed by atoms with van der Waals surface area (Å²) in [5.41, 5.74) is 0.609. The minimum absolute atomic E-state index is 0.477. The van der Waals surface area contributed by atoms with E-state index in [0.29, 0.717) is 17.1 Å². The van der Waals surface area contributed by atoms with Crippen molar-refractivity contribution in [2.75, 3.05) is 6.54 Å². The molecule has 0 fully saturated rings. The molecule has 1 aromatic heterocycles. The maximum Gasteiger partial charge on any atom is 0.325 e. The molecule has 1 atom stereocenters. The Morgan fingerprint density at radius 2 is 2.10 bits per heavy atom. The summed E-state index contributed by atoms with van der Waals surface area (Å²) in [7, 11) is 0. The highest BCUT2D eigenvalue weighted by Crippen LogP contribution is 2.23. The molecule has 1 aromatic carbocycles. The second kappa shape index (κ2) is 7.43. The molecule has 5 heteroatoms. The summed E-state index contributed by atoms with van der Waals surface area (Å²) in [6.45, 7) is 0.639. The van der Waals surface area contributed by atoms with Gasteiger partial charge in [-0.25, -0.2) is 0 Å². The van der Waals surface area contributed by atoms with Gasteiger partial charge >= 0.3 is 5.97 Å². The van der Waals surface area contributed by atoms with Crippen molar-refractivity contribution >= 4 is 28.9 Å². The molecule has 2 N–H and O–H groups in total. The third-order valence-corrected chi connectivity index (χ3v) is 4.27. The SMILES string of the molecule is O=C(O)C(NCCCc1cccs1)c1ccccc1Cl. The van der Waals surface area contributed by atoms with Crippen molar-refractivity contribution in [1.29, 1.82) is 0 Å². The van der Waals surface area contributed by atoms with E-state index in [9.17, 15) is 9.90 Å². The summed E-state index contributed by atoms with van der Waals surface area (Å²) in [4.78, 5) is 12.7. The van der Waals surface area contributed by atoms with Crippen LogP contribution in [0.2, 0.25) is 5.02 Å². The number of carbonyl (C=O) groups is 1. The molecule has 0 saturated carbocycles. The number of aryl methyl sites for hydroxylation is 1. The highest BCUT2D eigenvalue weighted by Gasteiger charge is 2.20. The molecule has 0 saturated heterocycles. The number of benzene rings is 1. The fourth-order valence-corrected chi connectivity index (χ4v) is 3.00. The summed E-state index contributed by atoms with van der Waals surface area (Å²) < 4.78 is 0. The van der Waals surface area contributed by atoms with E-state index >= 15 is 0 Å². The quantitative estimate of drug-likeness (QED) is 0.766. The lowest BCUT2D eigenvalue weighted by Crippen LogP contribution is -2.29. The molecular weight excluding hydrogens is 294 g/mol. The summed E-state index contributed by atoms with van der Waals surface area (Å²) in [5.74, 6) is -0.908. The zero-order valence-electron chi connectivity index (χ0n) is 10.9. The van der Waals surface area contributed by atoms with E-state index in [2.05, 4.69) is 11.4 Å². The van der Waals surface area contributed by atoms with Crippen molar-refractivity contribution in [3.63, 3.8) is 0 Å². The zero-order chi connectivity index (χ0) is 14.4. The lowest BCUT2D eigenvalue weighted by Gasteiger charge is -2.16. The molecule has 2 rings (SSSR count). The molecule has 106 valence electrons. The number of carboxylic acids is 1. The largest absolute Gasteiger partial charge is 0.480 e. The Balaban J connectivity index is 1.90. The van der Waals surface area contributed by atoms with Crippen molar-refractivity contribution < 1.29 is 9.90 Å². The maximum absolute atomic E-state index is 11.4. The molecule has 0 bridgehead atoms. The second-order valence-electron chi connectivity index (χ2n) is 4.43. The molecule has 1 heterocycles.